The minimum absolute atomic E-state index is 0.219. The van der Waals surface area contributed by atoms with Crippen LogP contribution < -0.4 is 0 Å². The molecule has 0 amide bonds. The monoisotopic (exact) mass is 343 g/mol. The van der Waals surface area contributed by atoms with Gasteiger partial charge in [0.05, 0.1) is 17.8 Å². The highest BCUT2D eigenvalue weighted by molar-refractivity contribution is 5.23. The molecule has 1 aromatic heterocycles. The molecule has 1 saturated heterocycles. The summed E-state index contributed by atoms with van der Waals surface area (Å²) < 4.78 is 16.2. The molecule has 5 heteroatoms. The van der Waals surface area contributed by atoms with E-state index in [1.54, 1.807) is 18.2 Å². The molecule has 2 aliphatic rings. The molecule has 134 valence electrons. The normalized spacial score (nSPS) is 22.1. The summed E-state index contributed by atoms with van der Waals surface area (Å²) in [5.74, 6) is 0.781. The van der Waals surface area contributed by atoms with E-state index < -0.39 is 6.10 Å². The molecule has 0 radical (unpaired) electrons. The number of aryl methyl sites for hydroxylation is 1. The topological polar surface area (TPSA) is 41.3 Å². The van der Waals surface area contributed by atoms with Crippen LogP contribution in [0.5, 0.6) is 0 Å². The van der Waals surface area contributed by atoms with Crippen LogP contribution in [0.4, 0.5) is 4.39 Å². The molecule has 25 heavy (non-hydrogen) atoms. The van der Waals surface area contributed by atoms with Crippen molar-refractivity contribution < 1.29 is 9.50 Å². The van der Waals surface area contributed by atoms with Crippen molar-refractivity contribution in [2.45, 2.75) is 50.7 Å². The highest BCUT2D eigenvalue weighted by atomic mass is 19.1. The first-order valence-electron chi connectivity index (χ1n) is 9.36. The number of β-amino-alcohol motifs (C(OH)–C–C–N with tert-alkyl or cyclic N) is 1. The minimum atomic E-state index is -0.809. The van der Waals surface area contributed by atoms with Crippen LogP contribution >= 0.6 is 0 Å². The number of benzene rings is 1. The van der Waals surface area contributed by atoms with Crippen LogP contribution in [-0.2, 0) is 19.9 Å². The number of aliphatic hydroxyl groups is 1. The van der Waals surface area contributed by atoms with Gasteiger partial charge in [0.25, 0.3) is 0 Å². The Kier molecular flexibility index (Phi) is 4.61. The van der Waals surface area contributed by atoms with E-state index in [2.05, 4.69) is 16.5 Å². The summed E-state index contributed by atoms with van der Waals surface area (Å²) in [5.41, 5.74) is 3.01. The molecule has 2 aromatic rings. The van der Waals surface area contributed by atoms with Gasteiger partial charge in [0.2, 0.25) is 0 Å². The van der Waals surface area contributed by atoms with Crippen molar-refractivity contribution in [3.63, 3.8) is 0 Å². The van der Waals surface area contributed by atoms with Crippen LogP contribution in [-0.4, -0.2) is 32.6 Å². The van der Waals surface area contributed by atoms with Crippen LogP contribution in [0.1, 0.15) is 60.6 Å². The van der Waals surface area contributed by atoms with Gasteiger partial charge in [0.1, 0.15) is 11.6 Å². The fraction of sp³-hybridized carbons (Fsp3) is 0.550. The molecule has 1 fully saturated rings. The van der Waals surface area contributed by atoms with Crippen molar-refractivity contribution in [1.82, 2.24) is 14.5 Å². The van der Waals surface area contributed by atoms with Crippen LogP contribution in [0.15, 0.2) is 24.3 Å². The zero-order chi connectivity index (χ0) is 17.4. The average Bonchev–Trinajstić information content (AvgIpc) is 3.20. The van der Waals surface area contributed by atoms with Crippen LogP contribution in [0.25, 0.3) is 0 Å². The van der Waals surface area contributed by atoms with E-state index in [9.17, 15) is 9.50 Å². The van der Waals surface area contributed by atoms with Gasteiger partial charge in [0, 0.05) is 24.8 Å². The number of aliphatic hydroxyl groups excluding tert-OH is 1. The molecular formula is C20H26FN3O. The fourth-order valence-corrected chi connectivity index (χ4v) is 4.41. The predicted molar refractivity (Wildman–Crippen MR) is 94.8 cm³/mol. The second-order valence-electron chi connectivity index (χ2n) is 7.32. The first kappa shape index (κ1) is 16.7. The molecule has 0 unspecified atom stereocenters. The lowest BCUT2D eigenvalue weighted by Crippen LogP contribution is -2.30. The van der Waals surface area contributed by atoms with Crippen molar-refractivity contribution in [3.8, 4) is 0 Å². The standard InChI is InChI=1S/C20H26FN3O/c1-23-17-10-5-4-9-16(17)22-20(23)18-11-6-12-24(18)13-19(25)14-7-2-3-8-15(14)21/h2-3,7-8,18-19,25H,4-6,9-13H2,1H3/t18-,19-/m0/s1. The van der Waals surface area contributed by atoms with Crippen molar-refractivity contribution in [2.75, 3.05) is 13.1 Å². The summed E-state index contributed by atoms with van der Waals surface area (Å²) in [6.07, 6.45) is 5.99. The van der Waals surface area contributed by atoms with Gasteiger partial charge >= 0.3 is 0 Å². The smallest absolute Gasteiger partial charge is 0.129 e. The van der Waals surface area contributed by atoms with Crippen molar-refractivity contribution >= 4 is 0 Å². The second kappa shape index (κ2) is 6.89. The van der Waals surface area contributed by atoms with Crippen molar-refractivity contribution in [2.24, 2.45) is 7.05 Å². The van der Waals surface area contributed by atoms with Gasteiger partial charge < -0.3 is 9.67 Å². The third-order valence-corrected chi connectivity index (χ3v) is 5.74. The van der Waals surface area contributed by atoms with E-state index >= 15 is 0 Å². The molecule has 1 N–H and O–H groups in total. The van der Waals surface area contributed by atoms with Gasteiger partial charge in [-0.2, -0.15) is 0 Å². The van der Waals surface area contributed by atoms with Crippen LogP contribution in [0, 0.1) is 5.82 Å². The van der Waals surface area contributed by atoms with Crippen molar-refractivity contribution in [3.05, 3.63) is 52.9 Å². The van der Waals surface area contributed by atoms with Crippen LogP contribution in [0.3, 0.4) is 0 Å². The first-order chi connectivity index (χ1) is 12.1. The SMILES string of the molecule is Cn1c([C@@H]2CCCN2C[C@H](O)c2ccccc2F)nc2c1CCCC2. The van der Waals surface area contributed by atoms with Crippen molar-refractivity contribution in [1.29, 1.82) is 0 Å². The van der Waals surface area contributed by atoms with E-state index in [1.807, 2.05) is 0 Å². The molecule has 0 saturated carbocycles. The maximum atomic E-state index is 14.0. The maximum absolute atomic E-state index is 14.0. The van der Waals surface area contributed by atoms with Gasteiger partial charge in [0.15, 0.2) is 0 Å². The molecule has 1 aliphatic carbocycles. The Labute approximate surface area is 148 Å². The second-order valence-corrected chi connectivity index (χ2v) is 7.32. The first-order valence-corrected chi connectivity index (χ1v) is 9.36. The highest BCUT2D eigenvalue weighted by Gasteiger charge is 2.33. The number of hydrogen-bond donors (Lipinski definition) is 1. The Morgan fingerprint density at radius 2 is 2.04 bits per heavy atom. The molecule has 0 bridgehead atoms. The summed E-state index contributed by atoms with van der Waals surface area (Å²) in [6, 6.07) is 6.73. The Hall–Kier alpha value is -1.72. The summed E-state index contributed by atoms with van der Waals surface area (Å²) in [7, 11) is 2.12. The average molecular weight is 343 g/mol. The van der Waals surface area contributed by atoms with E-state index in [-0.39, 0.29) is 11.9 Å². The summed E-state index contributed by atoms with van der Waals surface area (Å²) in [5, 5.41) is 10.5. The van der Waals surface area contributed by atoms with Gasteiger partial charge in [-0.05, 0) is 51.1 Å². The van der Waals surface area contributed by atoms with E-state index in [1.165, 1.54) is 30.3 Å². The zero-order valence-corrected chi connectivity index (χ0v) is 14.8. The van der Waals surface area contributed by atoms with Gasteiger partial charge in [-0.1, -0.05) is 18.2 Å². The fourth-order valence-electron chi connectivity index (χ4n) is 4.41. The minimum Gasteiger partial charge on any atom is -0.387 e. The third-order valence-electron chi connectivity index (χ3n) is 5.74. The number of likely N-dealkylation sites (tertiary alicyclic amines) is 1. The van der Waals surface area contributed by atoms with Crippen LogP contribution in [0.2, 0.25) is 0 Å². The number of aromatic nitrogens is 2. The number of fused-ring (bicyclic) bond motifs is 1. The molecule has 2 atom stereocenters. The Bertz CT molecular complexity index is 757. The highest BCUT2D eigenvalue weighted by Crippen LogP contribution is 2.35. The van der Waals surface area contributed by atoms with Gasteiger partial charge in [-0.15, -0.1) is 0 Å². The summed E-state index contributed by atoms with van der Waals surface area (Å²) >= 11 is 0. The van der Waals surface area contributed by atoms with E-state index in [0.717, 1.165) is 38.1 Å². The lowest BCUT2D eigenvalue weighted by Gasteiger charge is -2.27. The number of nitrogens with zero attached hydrogens (tertiary/aromatic N) is 3. The maximum Gasteiger partial charge on any atom is 0.129 e. The molecule has 4 rings (SSSR count). The lowest BCUT2D eigenvalue weighted by molar-refractivity contribution is 0.101. The zero-order valence-electron chi connectivity index (χ0n) is 14.8. The van der Waals surface area contributed by atoms with E-state index in [4.69, 9.17) is 4.98 Å². The molecule has 4 nitrogen and oxygen atoms in total. The molecular weight excluding hydrogens is 317 g/mol. The molecule has 2 heterocycles. The largest absolute Gasteiger partial charge is 0.387 e. The number of rotatable bonds is 4. The quantitative estimate of drug-likeness (QED) is 0.926. The molecule has 0 spiro atoms. The number of halogens is 1. The van der Waals surface area contributed by atoms with E-state index in [0.29, 0.717) is 12.1 Å². The Morgan fingerprint density at radius 1 is 1.24 bits per heavy atom. The van der Waals surface area contributed by atoms with Gasteiger partial charge in [-0.3, -0.25) is 4.90 Å². The predicted octanol–water partition coefficient (Wildman–Crippen LogP) is 3.31. The molecule has 1 aliphatic heterocycles. The third kappa shape index (κ3) is 3.11. The Balaban J connectivity index is 1.55. The lowest BCUT2D eigenvalue weighted by atomic mass is 10.0. The summed E-state index contributed by atoms with van der Waals surface area (Å²) in [6.45, 7) is 1.37. The number of imidazole rings is 1. The summed E-state index contributed by atoms with van der Waals surface area (Å²) in [4.78, 5) is 7.21. The number of hydrogen-bond acceptors (Lipinski definition) is 3. The Morgan fingerprint density at radius 3 is 2.84 bits per heavy atom. The van der Waals surface area contributed by atoms with Gasteiger partial charge in [-0.25, -0.2) is 9.37 Å². The molecule has 1 aromatic carbocycles.